The van der Waals surface area contributed by atoms with Crippen LogP contribution >= 0.6 is 0 Å². The number of hydrogen-bond donors (Lipinski definition) is 1. The number of nitrogens with zero attached hydrogens (tertiary/aromatic N) is 2. The number of nitrogen functional groups attached to an aromatic ring is 1. The molecule has 0 radical (unpaired) electrons. The molecule has 5 heteroatoms. The van der Waals surface area contributed by atoms with Gasteiger partial charge in [0.2, 0.25) is 5.88 Å². The van der Waals surface area contributed by atoms with Crippen molar-refractivity contribution in [3.63, 3.8) is 0 Å². The minimum Gasteiger partial charge on any atom is -0.476 e. The minimum atomic E-state index is 0.539. The fraction of sp³-hybridized carbons (Fsp3) is 0.438. The molecule has 0 unspecified atom stereocenters. The minimum absolute atomic E-state index is 0.539. The standard InChI is InChI=1S/C16H21N3O2/c1-2-19(10-13-4-3-9-20-13)15-8-7-14(17)16(18-15)21-11-12-5-6-12/h3-4,7-9,12H,2,5-6,10-11,17H2,1H3. The predicted molar refractivity (Wildman–Crippen MR) is 82.3 cm³/mol. The molecule has 2 aromatic rings. The smallest absolute Gasteiger partial charge is 0.239 e. The summed E-state index contributed by atoms with van der Waals surface area (Å²) in [5.74, 6) is 2.99. The molecule has 1 aliphatic rings. The van der Waals surface area contributed by atoms with E-state index in [2.05, 4.69) is 16.8 Å². The van der Waals surface area contributed by atoms with E-state index >= 15 is 0 Å². The molecule has 5 nitrogen and oxygen atoms in total. The molecule has 0 amide bonds. The van der Waals surface area contributed by atoms with Gasteiger partial charge in [-0.15, -0.1) is 0 Å². The van der Waals surface area contributed by atoms with E-state index in [1.54, 1.807) is 6.26 Å². The topological polar surface area (TPSA) is 64.5 Å². The number of hydrogen-bond acceptors (Lipinski definition) is 5. The van der Waals surface area contributed by atoms with Crippen molar-refractivity contribution in [2.45, 2.75) is 26.3 Å². The predicted octanol–water partition coefficient (Wildman–Crippen LogP) is 3.07. The van der Waals surface area contributed by atoms with E-state index in [0.717, 1.165) is 18.1 Å². The second-order valence-corrected chi connectivity index (χ2v) is 5.41. The van der Waals surface area contributed by atoms with Crippen molar-refractivity contribution in [2.75, 3.05) is 23.8 Å². The van der Waals surface area contributed by atoms with Crippen LogP contribution in [-0.4, -0.2) is 18.1 Å². The number of pyridine rings is 1. The molecule has 0 aliphatic heterocycles. The quantitative estimate of drug-likeness (QED) is 0.847. The first kappa shape index (κ1) is 13.8. The monoisotopic (exact) mass is 287 g/mol. The number of rotatable bonds is 7. The van der Waals surface area contributed by atoms with E-state index in [0.29, 0.717) is 30.6 Å². The highest BCUT2D eigenvalue weighted by molar-refractivity contribution is 5.54. The van der Waals surface area contributed by atoms with E-state index in [1.807, 2.05) is 24.3 Å². The summed E-state index contributed by atoms with van der Waals surface area (Å²) in [7, 11) is 0. The number of anilines is 2. The van der Waals surface area contributed by atoms with Gasteiger partial charge in [-0.1, -0.05) is 0 Å². The second kappa shape index (κ2) is 6.08. The van der Waals surface area contributed by atoms with E-state index in [-0.39, 0.29) is 0 Å². The summed E-state index contributed by atoms with van der Waals surface area (Å²) in [5.41, 5.74) is 6.54. The zero-order chi connectivity index (χ0) is 14.7. The van der Waals surface area contributed by atoms with Crippen molar-refractivity contribution in [1.29, 1.82) is 0 Å². The maximum atomic E-state index is 5.95. The highest BCUT2D eigenvalue weighted by atomic mass is 16.5. The third-order valence-electron chi connectivity index (χ3n) is 3.66. The number of aromatic nitrogens is 1. The fourth-order valence-electron chi connectivity index (χ4n) is 2.16. The molecule has 0 aromatic carbocycles. The number of nitrogens with two attached hydrogens (primary N) is 1. The van der Waals surface area contributed by atoms with Crippen LogP contribution in [0.1, 0.15) is 25.5 Å². The van der Waals surface area contributed by atoms with Crippen LogP contribution in [0.25, 0.3) is 0 Å². The summed E-state index contributed by atoms with van der Waals surface area (Å²) in [6, 6.07) is 7.63. The Morgan fingerprint density at radius 2 is 2.24 bits per heavy atom. The van der Waals surface area contributed by atoms with Crippen LogP contribution in [-0.2, 0) is 6.54 Å². The first-order valence-electron chi connectivity index (χ1n) is 7.43. The van der Waals surface area contributed by atoms with Crippen molar-refractivity contribution in [3.05, 3.63) is 36.3 Å². The first-order chi connectivity index (χ1) is 10.3. The van der Waals surface area contributed by atoms with Crippen molar-refractivity contribution >= 4 is 11.5 Å². The molecule has 0 saturated heterocycles. The van der Waals surface area contributed by atoms with Gasteiger partial charge in [0, 0.05) is 6.54 Å². The van der Waals surface area contributed by atoms with Gasteiger partial charge in [-0.3, -0.25) is 0 Å². The van der Waals surface area contributed by atoms with Crippen LogP contribution in [0.3, 0.4) is 0 Å². The lowest BCUT2D eigenvalue weighted by Crippen LogP contribution is -2.23. The van der Waals surface area contributed by atoms with Crippen molar-refractivity contribution in [3.8, 4) is 5.88 Å². The molecule has 1 fully saturated rings. The van der Waals surface area contributed by atoms with Gasteiger partial charge < -0.3 is 19.8 Å². The normalized spacial score (nSPS) is 14.1. The molecule has 1 aliphatic carbocycles. The summed E-state index contributed by atoms with van der Waals surface area (Å²) in [6.45, 7) is 4.32. The van der Waals surface area contributed by atoms with Gasteiger partial charge in [-0.25, -0.2) is 0 Å². The van der Waals surface area contributed by atoms with Crippen molar-refractivity contribution in [1.82, 2.24) is 4.98 Å². The summed E-state index contributed by atoms with van der Waals surface area (Å²) in [4.78, 5) is 6.69. The SMILES string of the molecule is CCN(Cc1ccco1)c1ccc(N)c(OCC2CC2)n1. The van der Waals surface area contributed by atoms with Crippen LogP contribution < -0.4 is 15.4 Å². The third kappa shape index (κ3) is 3.48. The Morgan fingerprint density at radius 3 is 2.90 bits per heavy atom. The summed E-state index contributed by atoms with van der Waals surface area (Å²) in [6.07, 6.45) is 4.18. The molecule has 0 bridgehead atoms. The Morgan fingerprint density at radius 1 is 1.38 bits per heavy atom. The maximum absolute atomic E-state index is 5.95. The Kier molecular flexibility index (Phi) is 3.99. The van der Waals surface area contributed by atoms with E-state index < -0.39 is 0 Å². The van der Waals surface area contributed by atoms with Gasteiger partial charge >= 0.3 is 0 Å². The van der Waals surface area contributed by atoms with Crippen LogP contribution in [0.2, 0.25) is 0 Å². The van der Waals surface area contributed by atoms with Gasteiger partial charge in [0.25, 0.3) is 0 Å². The second-order valence-electron chi connectivity index (χ2n) is 5.41. The molecule has 2 aromatic heterocycles. The molecule has 0 atom stereocenters. The third-order valence-corrected chi connectivity index (χ3v) is 3.66. The van der Waals surface area contributed by atoms with E-state index in [9.17, 15) is 0 Å². The van der Waals surface area contributed by atoms with Crippen molar-refractivity contribution in [2.24, 2.45) is 5.92 Å². The van der Waals surface area contributed by atoms with E-state index in [1.165, 1.54) is 12.8 Å². The van der Waals surface area contributed by atoms with Gasteiger partial charge in [0.1, 0.15) is 11.6 Å². The summed E-state index contributed by atoms with van der Waals surface area (Å²) >= 11 is 0. The largest absolute Gasteiger partial charge is 0.476 e. The lowest BCUT2D eigenvalue weighted by atomic mass is 10.3. The maximum Gasteiger partial charge on any atom is 0.239 e. The molecular weight excluding hydrogens is 266 g/mol. The average molecular weight is 287 g/mol. The zero-order valence-corrected chi connectivity index (χ0v) is 12.3. The molecule has 3 rings (SSSR count). The van der Waals surface area contributed by atoms with Gasteiger partial charge in [0.05, 0.1) is 25.1 Å². The van der Waals surface area contributed by atoms with E-state index in [4.69, 9.17) is 14.9 Å². The molecular formula is C16H21N3O2. The zero-order valence-electron chi connectivity index (χ0n) is 12.3. The summed E-state index contributed by atoms with van der Waals surface area (Å²) in [5, 5.41) is 0. The van der Waals surface area contributed by atoms with Crippen LogP contribution in [0.15, 0.2) is 34.9 Å². The van der Waals surface area contributed by atoms with Crippen LogP contribution in [0.4, 0.5) is 11.5 Å². The Bertz CT molecular complexity index is 579. The van der Waals surface area contributed by atoms with Gasteiger partial charge in [-0.05, 0) is 49.9 Å². The lowest BCUT2D eigenvalue weighted by molar-refractivity contribution is 0.290. The van der Waals surface area contributed by atoms with Crippen molar-refractivity contribution < 1.29 is 9.15 Å². The molecule has 112 valence electrons. The average Bonchev–Trinajstić information content (AvgIpc) is 3.19. The highest BCUT2D eigenvalue weighted by Gasteiger charge is 2.22. The highest BCUT2D eigenvalue weighted by Crippen LogP contribution is 2.31. The summed E-state index contributed by atoms with van der Waals surface area (Å²) < 4.78 is 11.1. The fourth-order valence-corrected chi connectivity index (χ4v) is 2.16. The van der Waals surface area contributed by atoms with Gasteiger partial charge in [-0.2, -0.15) is 4.98 Å². The molecule has 1 saturated carbocycles. The number of furan rings is 1. The lowest BCUT2D eigenvalue weighted by Gasteiger charge is -2.21. The molecule has 21 heavy (non-hydrogen) atoms. The Hall–Kier alpha value is -2.17. The van der Waals surface area contributed by atoms with Gasteiger partial charge in [0.15, 0.2) is 0 Å². The Labute approximate surface area is 124 Å². The Balaban J connectivity index is 1.73. The van der Waals surface area contributed by atoms with Crippen LogP contribution in [0, 0.1) is 5.92 Å². The van der Waals surface area contributed by atoms with Crippen LogP contribution in [0.5, 0.6) is 5.88 Å². The number of ether oxygens (including phenoxy) is 1. The molecule has 0 spiro atoms. The molecule has 2 N–H and O–H groups in total. The first-order valence-corrected chi connectivity index (χ1v) is 7.43. The molecule has 2 heterocycles.